The highest BCUT2D eigenvalue weighted by atomic mass is 35.5. The van der Waals surface area contributed by atoms with E-state index < -0.39 is 23.0 Å². The number of aromatic nitrogens is 4. The normalized spacial score (nSPS) is 21.5. The lowest BCUT2D eigenvalue weighted by atomic mass is 9.76. The number of likely N-dealkylation sites (tertiary alicyclic amines) is 3. The van der Waals surface area contributed by atoms with Crippen molar-refractivity contribution in [1.82, 2.24) is 40.4 Å². The summed E-state index contributed by atoms with van der Waals surface area (Å²) >= 11 is 13.0. The van der Waals surface area contributed by atoms with E-state index in [-0.39, 0.29) is 11.9 Å². The Morgan fingerprint density at radius 1 is 0.963 bits per heavy atom. The first-order valence-electron chi connectivity index (χ1n) is 18.3. The van der Waals surface area contributed by atoms with Crippen molar-refractivity contribution in [2.75, 3.05) is 46.4 Å². The smallest absolute Gasteiger partial charge is 0.326 e. The van der Waals surface area contributed by atoms with Gasteiger partial charge < -0.3 is 29.9 Å². The van der Waals surface area contributed by atoms with Crippen LogP contribution in [0.15, 0.2) is 67.1 Å². The maximum atomic E-state index is 14.2. The van der Waals surface area contributed by atoms with Crippen LogP contribution >= 0.6 is 23.2 Å². The largest absolute Gasteiger partial charge is 0.496 e. The molecule has 0 aliphatic carbocycles. The molecule has 0 spiro atoms. The number of hydrogen-bond donors (Lipinski definition) is 3. The number of methoxy groups -OCH3 is 1. The number of carbonyl (C=O) groups is 3. The molecule has 2 atom stereocenters. The summed E-state index contributed by atoms with van der Waals surface area (Å²) in [6.07, 6.45) is 9.84. The summed E-state index contributed by atoms with van der Waals surface area (Å²) < 4.78 is 5.63. The molecule has 0 saturated carbocycles. The van der Waals surface area contributed by atoms with Crippen molar-refractivity contribution in [3.05, 3.63) is 93.9 Å². The lowest BCUT2D eigenvalue weighted by Gasteiger charge is -2.45. The summed E-state index contributed by atoms with van der Waals surface area (Å²) in [5.74, 6) is -0.620. The van der Waals surface area contributed by atoms with Gasteiger partial charge in [0.15, 0.2) is 0 Å². The Morgan fingerprint density at radius 2 is 1.76 bits per heavy atom. The van der Waals surface area contributed by atoms with Crippen molar-refractivity contribution in [3.8, 4) is 17.0 Å². The molecule has 15 heteroatoms. The van der Waals surface area contributed by atoms with E-state index in [9.17, 15) is 19.5 Å². The van der Waals surface area contributed by atoms with Gasteiger partial charge in [-0.1, -0.05) is 29.3 Å². The molecule has 3 saturated heterocycles. The number of aromatic amines is 1. The molecule has 0 radical (unpaired) electrons. The number of aliphatic carboxylic acids is 1. The quantitative estimate of drug-likeness (QED) is 0.176. The summed E-state index contributed by atoms with van der Waals surface area (Å²) in [6, 6.07) is 13.9. The van der Waals surface area contributed by atoms with Gasteiger partial charge in [0.25, 0.3) is 5.91 Å². The molecule has 7 rings (SSSR count). The lowest BCUT2D eigenvalue weighted by Crippen LogP contribution is -2.59. The molecule has 13 nitrogen and oxygen atoms in total. The number of amides is 3. The minimum absolute atomic E-state index is 0.131. The van der Waals surface area contributed by atoms with Gasteiger partial charge in [0.2, 0.25) is 0 Å². The Labute approximate surface area is 324 Å². The summed E-state index contributed by atoms with van der Waals surface area (Å²) in [5, 5.41) is 24.8. The third-order valence-corrected chi connectivity index (χ3v) is 12.3. The first-order chi connectivity index (χ1) is 26.1. The number of pyridine rings is 1. The third-order valence-electron chi connectivity index (χ3n) is 11.6. The van der Waals surface area contributed by atoms with E-state index in [2.05, 4.69) is 30.6 Å². The Balaban J connectivity index is 1.09. The first kappa shape index (κ1) is 37.6. The van der Waals surface area contributed by atoms with E-state index in [0.29, 0.717) is 79.0 Å². The van der Waals surface area contributed by atoms with Crippen molar-refractivity contribution >= 4 is 41.1 Å². The van der Waals surface area contributed by atoms with Gasteiger partial charge in [0.05, 0.1) is 34.5 Å². The summed E-state index contributed by atoms with van der Waals surface area (Å²) in [7, 11) is 1.56. The number of carbonyl (C=O) groups excluding carboxylic acids is 2. The fourth-order valence-electron chi connectivity index (χ4n) is 8.40. The van der Waals surface area contributed by atoms with Crippen molar-refractivity contribution in [3.63, 3.8) is 0 Å². The van der Waals surface area contributed by atoms with Crippen LogP contribution in [0.1, 0.15) is 66.4 Å². The van der Waals surface area contributed by atoms with E-state index in [1.165, 1.54) is 4.90 Å². The SMILES string of the molecule is COc1ccc(-c2cn[nH]n2)cc1C(=O)N1CCC(CCN2CCC(NC(=O)N3CCCCC3C(=O)O)(c3ccncc3)CC2)(c2ccc(Cl)c(Cl)c2)C1. The molecule has 0 bridgehead atoms. The standard InChI is InChI=1S/C39H44Cl2N8O5/c1-54-34-8-5-26(32-24-43-46-45-32)22-29(34)35(50)48-21-12-38(25-48,28-6-7-30(40)31(41)23-28)11-18-47-19-13-39(14-20-47,27-9-15-42-16-10-27)44-37(53)49-17-3-2-4-33(49)36(51)52/h5-10,15-16,22-24,33H,2-4,11-14,17-21,25H2,1H3,(H,44,53)(H,51,52)(H,43,45,46). The number of rotatable bonds is 10. The van der Waals surface area contributed by atoms with Gasteiger partial charge in [-0.05, 0) is 105 Å². The maximum absolute atomic E-state index is 14.2. The highest BCUT2D eigenvalue weighted by Crippen LogP contribution is 2.42. The molecule has 284 valence electrons. The van der Waals surface area contributed by atoms with E-state index in [1.54, 1.807) is 37.8 Å². The molecule has 54 heavy (non-hydrogen) atoms. The Morgan fingerprint density at radius 3 is 2.46 bits per heavy atom. The molecule has 5 heterocycles. The highest BCUT2D eigenvalue weighted by molar-refractivity contribution is 6.42. The number of halogens is 2. The van der Waals surface area contributed by atoms with Gasteiger partial charge in [-0.25, -0.2) is 9.59 Å². The van der Waals surface area contributed by atoms with Gasteiger partial charge in [0, 0.05) is 56.1 Å². The van der Waals surface area contributed by atoms with Crippen molar-refractivity contribution in [2.45, 2.75) is 61.9 Å². The van der Waals surface area contributed by atoms with Crippen molar-refractivity contribution < 1.29 is 24.2 Å². The number of ether oxygens (including phenoxy) is 1. The second-order valence-corrected chi connectivity index (χ2v) is 15.4. The predicted molar refractivity (Wildman–Crippen MR) is 204 cm³/mol. The van der Waals surface area contributed by atoms with Gasteiger partial charge in [0.1, 0.15) is 17.5 Å². The number of piperidine rings is 2. The number of H-pyrrole nitrogens is 1. The zero-order valence-electron chi connectivity index (χ0n) is 30.1. The molecule has 2 unspecified atom stereocenters. The van der Waals surface area contributed by atoms with Gasteiger partial charge in [-0.15, -0.1) is 0 Å². The molecule has 3 N–H and O–H groups in total. The number of urea groups is 1. The van der Waals surface area contributed by atoms with E-state index in [4.69, 9.17) is 27.9 Å². The monoisotopic (exact) mass is 774 g/mol. The number of nitrogens with one attached hydrogen (secondary N) is 2. The van der Waals surface area contributed by atoms with Crippen LogP contribution in [0.25, 0.3) is 11.3 Å². The summed E-state index contributed by atoms with van der Waals surface area (Å²) in [4.78, 5) is 50.0. The zero-order chi connectivity index (χ0) is 37.9. The van der Waals surface area contributed by atoms with Crippen LogP contribution in [0.2, 0.25) is 10.0 Å². The van der Waals surface area contributed by atoms with E-state index >= 15 is 0 Å². The molecule has 4 aromatic rings. The second-order valence-electron chi connectivity index (χ2n) is 14.5. The second kappa shape index (κ2) is 15.9. The van der Waals surface area contributed by atoms with E-state index in [0.717, 1.165) is 48.9 Å². The average molecular weight is 776 g/mol. The lowest BCUT2D eigenvalue weighted by molar-refractivity contribution is -0.143. The van der Waals surface area contributed by atoms with Gasteiger partial charge >= 0.3 is 12.0 Å². The maximum Gasteiger partial charge on any atom is 0.326 e. The van der Waals surface area contributed by atoms with Crippen LogP contribution in [-0.2, 0) is 15.7 Å². The Kier molecular flexibility index (Phi) is 11.1. The van der Waals surface area contributed by atoms with Crippen LogP contribution in [0.3, 0.4) is 0 Å². The Bertz CT molecular complexity index is 1970. The minimum Gasteiger partial charge on any atom is -0.496 e. The summed E-state index contributed by atoms with van der Waals surface area (Å²) in [6.45, 7) is 3.60. The highest BCUT2D eigenvalue weighted by Gasteiger charge is 2.44. The molecule has 3 fully saturated rings. The fraction of sp³-hybridized carbons (Fsp3) is 0.436. The van der Waals surface area contributed by atoms with Gasteiger partial charge in [-0.3, -0.25) is 9.78 Å². The van der Waals surface area contributed by atoms with Crippen molar-refractivity contribution in [2.24, 2.45) is 0 Å². The van der Waals surface area contributed by atoms with Crippen LogP contribution in [-0.4, -0.2) is 111 Å². The number of carboxylic acids is 1. The molecule has 3 aliphatic rings. The molecule has 2 aromatic carbocycles. The van der Waals surface area contributed by atoms with Crippen LogP contribution in [0.4, 0.5) is 4.79 Å². The Hall–Kier alpha value is -4.72. The van der Waals surface area contributed by atoms with Crippen LogP contribution in [0.5, 0.6) is 5.75 Å². The average Bonchev–Trinajstić information content (AvgIpc) is 3.91. The van der Waals surface area contributed by atoms with Crippen LogP contribution < -0.4 is 10.1 Å². The number of benzene rings is 2. The van der Waals surface area contributed by atoms with E-state index in [1.807, 2.05) is 41.3 Å². The first-order valence-corrected chi connectivity index (χ1v) is 19.1. The van der Waals surface area contributed by atoms with Crippen molar-refractivity contribution in [1.29, 1.82) is 0 Å². The van der Waals surface area contributed by atoms with Crippen LogP contribution in [0, 0.1) is 0 Å². The molecule has 2 aromatic heterocycles. The number of hydrogen-bond acceptors (Lipinski definition) is 8. The minimum atomic E-state index is -0.972. The zero-order valence-corrected chi connectivity index (χ0v) is 31.7. The number of carboxylic acid groups (broad SMARTS) is 1. The molecule has 3 aliphatic heterocycles. The number of nitrogens with zero attached hydrogens (tertiary/aromatic N) is 6. The molecular formula is C39H44Cl2N8O5. The summed E-state index contributed by atoms with van der Waals surface area (Å²) in [5.41, 5.74) is 2.75. The fourth-order valence-corrected chi connectivity index (χ4v) is 8.69. The predicted octanol–water partition coefficient (Wildman–Crippen LogP) is 6.00. The molecule has 3 amide bonds. The third kappa shape index (κ3) is 7.62. The van der Waals surface area contributed by atoms with Gasteiger partial charge in [-0.2, -0.15) is 15.4 Å². The topological polar surface area (TPSA) is 157 Å². The molecular weight excluding hydrogens is 731 g/mol.